The Morgan fingerprint density at radius 1 is 1.18 bits per heavy atom. The van der Waals surface area contributed by atoms with Crippen LogP contribution >= 0.6 is 11.3 Å². The quantitative estimate of drug-likeness (QED) is 0.696. The Hall–Kier alpha value is -2.47. The van der Waals surface area contributed by atoms with Gasteiger partial charge >= 0.3 is 6.03 Å². The van der Waals surface area contributed by atoms with Gasteiger partial charge in [-0.1, -0.05) is 36.4 Å². The number of benzene rings is 1. The molecule has 2 aromatic rings. The average Bonchev–Trinajstić information content (AvgIpc) is 3.12. The fourth-order valence-corrected chi connectivity index (χ4v) is 3.12. The van der Waals surface area contributed by atoms with E-state index in [4.69, 9.17) is 0 Å². The minimum absolute atomic E-state index is 0.240. The number of hydrogen-bond donors (Lipinski definition) is 1. The third-order valence-electron chi connectivity index (χ3n) is 3.72. The molecule has 1 aromatic heterocycles. The number of nitrogens with one attached hydrogen (secondary N) is 1. The fraction of sp³-hybridized carbons (Fsp3) is 0.188. The number of carbonyl (C=O) groups is 3. The number of carbonyl (C=O) groups excluding carboxylic acids is 3. The van der Waals surface area contributed by atoms with Gasteiger partial charge in [0.15, 0.2) is 5.78 Å². The lowest BCUT2D eigenvalue weighted by Crippen LogP contribution is -2.41. The summed E-state index contributed by atoms with van der Waals surface area (Å²) in [6, 6.07) is 11.9. The Labute approximate surface area is 131 Å². The third-order valence-corrected chi connectivity index (χ3v) is 4.63. The molecular weight excluding hydrogens is 300 g/mol. The maximum absolute atomic E-state index is 12.6. The second-order valence-electron chi connectivity index (χ2n) is 5.21. The predicted molar refractivity (Wildman–Crippen MR) is 82.7 cm³/mol. The van der Waals surface area contributed by atoms with Crippen LogP contribution in [0.25, 0.3) is 0 Å². The lowest BCUT2D eigenvalue weighted by molar-refractivity contribution is -0.130. The summed E-state index contributed by atoms with van der Waals surface area (Å²) >= 11 is 1.29. The molecule has 5 nitrogen and oxygen atoms in total. The van der Waals surface area contributed by atoms with Crippen LogP contribution in [-0.2, 0) is 10.3 Å². The van der Waals surface area contributed by atoms with Crippen LogP contribution < -0.4 is 5.32 Å². The zero-order valence-electron chi connectivity index (χ0n) is 11.9. The van der Waals surface area contributed by atoms with Crippen LogP contribution in [0, 0.1) is 0 Å². The van der Waals surface area contributed by atoms with Crippen molar-refractivity contribution < 1.29 is 14.4 Å². The van der Waals surface area contributed by atoms with Gasteiger partial charge in [-0.2, -0.15) is 0 Å². The number of imide groups is 1. The summed E-state index contributed by atoms with van der Waals surface area (Å²) in [5.74, 6) is -0.649. The van der Waals surface area contributed by atoms with Crippen molar-refractivity contribution >= 4 is 29.1 Å². The molecule has 6 heteroatoms. The summed E-state index contributed by atoms with van der Waals surface area (Å²) < 4.78 is 0. The van der Waals surface area contributed by atoms with Crippen molar-refractivity contribution in [1.29, 1.82) is 0 Å². The van der Waals surface area contributed by atoms with Crippen LogP contribution in [0.1, 0.15) is 22.2 Å². The second kappa shape index (κ2) is 5.38. The number of nitrogens with zero attached hydrogens (tertiary/aromatic N) is 1. The van der Waals surface area contributed by atoms with E-state index < -0.39 is 17.5 Å². The van der Waals surface area contributed by atoms with E-state index in [9.17, 15) is 14.4 Å². The van der Waals surface area contributed by atoms with E-state index in [1.54, 1.807) is 48.7 Å². The van der Waals surface area contributed by atoms with Gasteiger partial charge in [0.2, 0.25) is 0 Å². The standard InChI is InChI=1S/C16H14N2O3S/c1-16(11-6-3-2-4-7-11)14(20)18(15(21)17-16)10-12(19)13-8-5-9-22-13/h2-9H,10H2,1H3,(H,17,21). The third kappa shape index (κ3) is 2.31. The average molecular weight is 314 g/mol. The predicted octanol–water partition coefficient (Wildman–Crippen LogP) is 2.40. The molecule has 0 spiro atoms. The molecule has 1 aromatic carbocycles. The number of Topliss-reactive ketones (excluding diaryl/α,β-unsaturated/α-hetero) is 1. The fourth-order valence-electron chi connectivity index (χ4n) is 2.47. The molecule has 1 aliphatic heterocycles. The van der Waals surface area contributed by atoms with Crippen molar-refractivity contribution in [2.24, 2.45) is 0 Å². The first-order valence-corrected chi connectivity index (χ1v) is 7.66. The normalized spacial score (nSPS) is 21.0. The Balaban J connectivity index is 1.84. The molecule has 0 bridgehead atoms. The first-order valence-electron chi connectivity index (χ1n) is 6.79. The minimum Gasteiger partial charge on any atom is -0.319 e. The maximum Gasteiger partial charge on any atom is 0.325 e. The molecule has 1 saturated heterocycles. The highest BCUT2D eigenvalue weighted by Gasteiger charge is 2.49. The van der Waals surface area contributed by atoms with Gasteiger partial charge in [-0.15, -0.1) is 11.3 Å². The maximum atomic E-state index is 12.6. The summed E-state index contributed by atoms with van der Waals surface area (Å²) in [5.41, 5.74) is -0.437. The topological polar surface area (TPSA) is 66.5 Å². The zero-order valence-corrected chi connectivity index (χ0v) is 12.7. The Kier molecular flexibility index (Phi) is 3.54. The molecule has 1 atom stereocenters. The highest BCUT2D eigenvalue weighted by atomic mass is 32.1. The van der Waals surface area contributed by atoms with Crippen molar-refractivity contribution in [3.63, 3.8) is 0 Å². The molecule has 3 rings (SSSR count). The summed E-state index contributed by atoms with van der Waals surface area (Å²) in [6.07, 6.45) is 0. The van der Waals surface area contributed by atoms with E-state index in [-0.39, 0.29) is 12.3 Å². The van der Waals surface area contributed by atoms with E-state index in [2.05, 4.69) is 5.32 Å². The molecule has 1 aliphatic rings. The summed E-state index contributed by atoms with van der Waals surface area (Å²) in [5, 5.41) is 4.47. The van der Waals surface area contributed by atoms with Crippen molar-refractivity contribution in [1.82, 2.24) is 10.2 Å². The SMILES string of the molecule is CC1(c2ccccc2)NC(=O)N(CC(=O)c2cccs2)C1=O. The number of ketones is 1. The van der Waals surface area contributed by atoms with Gasteiger partial charge in [0.05, 0.1) is 11.4 Å². The first-order chi connectivity index (χ1) is 10.5. The summed E-state index contributed by atoms with van der Waals surface area (Å²) in [4.78, 5) is 38.4. The Morgan fingerprint density at radius 3 is 2.55 bits per heavy atom. The molecule has 3 amide bonds. The number of amides is 3. The Bertz CT molecular complexity index is 727. The largest absolute Gasteiger partial charge is 0.325 e. The van der Waals surface area contributed by atoms with E-state index in [1.165, 1.54) is 11.3 Å². The summed E-state index contributed by atoms with van der Waals surface area (Å²) in [6.45, 7) is 1.41. The van der Waals surface area contributed by atoms with Gasteiger partial charge < -0.3 is 5.32 Å². The number of urea groups is 1. The molecule has 0 saturated carbocycles. The molecule has 0 radical (unpaired) electrons. The van der Waals surface area contributed by atoms with Gasteiger partial charge in [0.1, 0.15) is 5.54 Å². The molecule has 112 valence electrons. The second-order valence-corrected chi connectivity index (χ2v) is 6.16. The van der Waals surface area contributed by atoms with Crippen molar-refractivity contribution in [2.45, 2.75) is 12.5 Å². The van der Waals surface area contributed by atoms with E-state index in [1.807, 2.05) is 6.07 Å². The van der Waals surface area contributed by atoms with Crippen LogP contribution in [0.5, 0.6) is 0 Å². The van der Waals surface area contributed by atoms with Crippen LogP contribution in [0.2, 0.25) is 0 Å². The van der Waals surface area contributed by atoms with Gasteiger partial charge in [-0.3, -0.25) is 14.5 Å². The minimum atomic E-state index is -1.13. The van der Waals surface area contributed by atoms with E-state index in [0.717, 1.165) is 4.90 Å². The molecule has 1 unspecified atom stereocenters. The number of hydrogen-bond acceptors (Lipinski definition) is 4. The molecule has 1 fully saturated rings. The molecular formula is C16H14N2O3S. The highest BCUT2D eigenvalue weighted by Crippen LogP contribution is 2.28. The molecule has 1 N–H and O–H groups in total. The molecule has 22 heavy (non-hydrogen) atoms. The van der Waals surface area contributed by atoms with Crippen molar-refractivity contribution in [3.8, 4) is 0 Å². The lowest BCUT2D eigenvalue weighted by atomic mass is 9.92. The van der Waals surface area contributed by atoms with Crippen LogP contribution in [0.4, 0.5) is 4.79 Å². The summed E-state index contributed by atoms with van der Waals surface area (Å²) in [7, 11) is 0. The van der Waals surface area contributed by atoms with E-state index in [0.29, 0.717) is 10.4 Å². The smallest absolute Gasteiger partial charge is 0.319 e. The molecule has 0 aliphatic carbocycles. The van der Waals surface area contributed by atoms with E-state index >= 15 is 0 Å². The van der Waals surface area contributed by atoms with Crippen LogP contribution in [0.15, 0.2) is 47.8 Å². The van der Waals surface area contributed by atoms with Crippen molar-refractivity contribution in [3.05, 3.63) is 58.3 Å². The van der Waals surface area contributed by atoms with Gasteiger partial charge in [0.25, 0.3) is 5.91 Å². The van der Waals surface area contributed by atoms with Crippen LogP contribution in [0.3, 0.4) is 0 Å². The van der Waals surface area contributed by atoms with Gasteiger partial charge in [0, 0.05) is 0 Å². The Morgan fingerprint density at radius 2 is 1.91 bits per heavy atom. The number of rotatable bonds is 4. The molecule has 2 heterocycles. The van der Waals surface area contributed by atoms with Gasteiger partial charge in [-0.05, 0) is 23.9 Å². The number of thiophene rings is 1. The van der Waals surface area contributed by atoms with Crippen molar-refractivity contribution in [2.75, 3.05) is 6.54 Å². The first kappa shape index (κ1) is 14.5. The van der Waals surface area contributed by atoms with Crippen LogP contribution in [-0.4, -0.2) is 29.2 Å². The monoisotopic (exact) mass is 314 g/mol. The van der Waals surface area contributed by atoms with Gasteiger partial charge in [-0.25, -0.2) is 4.79 Å². The lowest BCUT2D eigenvalue weighted by Gasteiger charge is -2.21. The zero-order chi connectivity index (χ0) is 15.7. The highest BCUT2D eigenvalue weighted by molar-refractivity contribution is 7.12.